The van der Waals surface area contributed by atoms with Gasteiger partial charge >= 0.3 is 5.97 Å². The van der Waals surface area contributed by atoms with Crippen molar-refractivity contribution >= 4 is 11.9 Å². The van der Waals surface area contributed by atoms with Gasteiger partial charge in [-0.15, -0.1) is 0 Å². The van der Waals surface area contributed by atoms with Gasteiger partial charge in [-0.2, -0.15) is 0 Å². The fourth-order valence-electron chi connectivity index (χ4n) is 4.00. The Morgan fingerprint density at radius 1 is 1.20 bits per heavy atom. The molecular formula is C16H27NO3. The molecule has 20 heavy (non-hydrogen) atoms. The molecule has 1 N–H and O–H groups in total. The van der Waals surface area contributed by atoms with E-state index in [0.717, 1.165) is 38.5 Å². The smallest absolute Gasteiger partial charge is 0.310 e. The van der Waals surface area contributed by atoms with Gasteiger partial charge in [0, 0.05) is 18.5 Å². The first kappa shape index (κ1) is 15.3. The van der Waals surface area contributed by atoms with Crippen LogP contribution in [0.15, 0.2) is 0 Å². The Labute approximate surface area is 121 Å². The quantitative estimate of drug-likeness (QED) is 0.861. The summed E-state index contributed by atoms with van der Waals surface area (Å²) in [6.07, 6.45) is 7.56. The van der Waals surface area contributed by atoms with Crippen LogP contribution in [0.25, 0.3) is 0 Å². The van der Waals surface area contributed by atoms with E-state index in [0.29, 0.717) is 18.9 Å². The highest BCUT2D eigenvalue weighted by Crippen LogP contribution is 2.41. The Morgan fingerprint density at radius 3 is 2.40 bits per heavy atom. The molecule has 0 aromatic heterocycles. The molecule has 1 saturated carbocycles. The topological polar surface area (TPSA) is 57.6 Å². The molecule has 2 rings (SSSR count). The molecule has 4 nitrogen and oxygen atoms in total. The lowest BCUT2D eigenvalue weighted by Crippen LogP contribution is -2.45. The average molecular weight is 281 g/mol. The van der Waals surface area contributed by atoms with E-state index < -0.39 is 11.4 Å². The Bertz CT molecular complexity index is 374. The van der Waals surface area contributed by atoms with Crippen LogP contribution >= 0.6 is 0 Å². The maximum absolute atomic E-state index is 12.7. The van der Waals surface area contributed by atoms with Gasteiger partial charge in [0.15, 0.2) is 0 Å². The van der Waals surface area contributed by atoms with Gasteiger partial charge in [0.1, 0.15) is 0 Å². The molecule has 4 heteroatoms. The third-order valence-corrected chi connectivity index (χ3v) is 5.30. The summed E-state index contributed by atoms with van der Waals surface area (Å²) >= 11 is 0. The van der Waals surface area contributed by atoms with Crippen molar-refractivity contribution in [1.82, 2.24) is 4.90 Å². The van der Waals surface area contributed by atoms with Crippen molar-refractivity contribution in [2.45, 2.75) is 83.7 Å². The van der Waals surface area contributed by atoms with Crippen LogP contribution in [-0.4, -0.2) is 34.0 Å². The summed E-state index contributed by atoms with van der Waals surface area (Å²) < 4.78 is 0. The van der Waals surface area contributed by atoms with E-state index in [9.17, 15) is 14.7 Å². The fraction of sp³-hybridized carbons (Fsp3) is 0.875. The lowest BCUT2D eigenvalue weighted by molar-refractivity contribution is -0.156. The number of carbonyl (C=O) groups is 2. The number of nitrogens with zero attached hydrogens (tertiary/aromatic N) is 1. The van der Waals surface area contributed by atoms with Crippen molar-refractivity contribution in [1.29, 1.82) is 0 Å². The SMILES string of the molecule is CCC1CCC(C)N1C(=O)CC1(C(=O)O)CCCCC1. The first-order valence-electron chi connectivity index (χ1n) is 8.05. The highest BCUT2D eigenvalue weighted by atomic mass is 16.4. The van der Waals surface area contributed by atoms with Crippen molar-refractivity contribution in [3.63, 3.8) is 0 Å². The summed E-state index contributed by atoms with van der Waals surface area (Å²) in [6.45, 7) is 4.19. The summed E-state index contributed by atoms with van der Waals surface area (Å²) in [6, 6.07) is 0.578. The fourth-order valence-corrected chi connectivity index (χ4v) is 4.00. The highest BCUT2D eigenvalue weighted by Gasteiger charge is 2.44. The molecular weight excluding hydrogens is 254 g/mol. The molecule has 2 aliphatic rings. The molecule has 1 aliphatic carbocycles. The molecule has 1 aliphatic heterocycles. The van der Waals surface area contributed by atoms with Gasteiger partial charge in [-0.3, -0.25) is 9.59 Å². The zero-order valence-corrected chi connectivity index (χ0v) is 12.7. The van der Waals surface area contributed by atoms with Crippen LogP contribution in [0.3, 0.4) is 0 Å². The first-order chi connectivity index (χ1) is 9.50. The molecule has 0 aromatic carbocycles. The Balaban J connectivity index is 2.10. The van der Waals surface area contributed by atoms with E-state index in [-0.39, 0.29) is 18.4 Å². The predicted octanol–water partition coefficient (Wildman–Crippen LogP) is 3.20. The Morgan fingerprint density at radius 2 is 1.85 bits per heavy atom. The van der Waals surface area contributed by atoms with E-state index >= 15 is 0 Å². The lowest BCUT2D eigenvalue weighted by Gasteiger charge is -2.36. The monoisotopic (exact) mass is 281 g/mol. The van der Waals surface area contributed by atoms with Gasteiger partial charge in [0.25, 0.3) is 0 Å². The summed E-state index contributed by atoms with van der Waals surface area (Å²) in [4.78, 5) is 26.3. The minimum Gasteiger partial charge on any atom is -0.481 e. The van der Waals surface area contributed by atoms with Crippen LogP contribution in [0.1, 0.15) is 71.6 Å². The summed E-state index contributed by atoms with van der Waals surface area (Å²) in [5.41, 5.74) is -0.796. The van der Waals surface area contributed by atoms with Crippen LogP contribution in [0, 0.1) is 5.41 Å². The minimum atomic E-state index is -0.796. The largest absolute Gasteiger partial charge is 0.481 e. The molecule has 114 valence electrons. The average Bonchev–Trinajstić information content (AvgIpc) is 2.80. The molecule has 0 spiro atoms. The Hall–Kier alpha value is -1.06. The van der Waals surface area contributed by atoms with Crippen LogP contribution in [0.5, 0.6) is 0 Å². The maximum Gasteiger partial charge on any atom is 0.310 e. The zero-order chi connectivity index (χ0) is 14.8. The summed E-state index contributed by atoms with van der Waals surface area (Å²) in [7, 11) is 0. The molecule has 0 aromatic rings. The molecule has 1 heterocycles. The number of carboxylic acid groups (broad SMARTS) is 1. The zero-order valence-electron chi connectivity index (χ0n) is 12.7. The van der Waals surface area contributed by atoms with Crippen LogP contribution < -0.4 is 0 Å². The second-order valence-corrected chi connectivity index (χ2v) is 6.61. The number of amides is 1. The van der Waals surface area contributed by atoms with Gasteiger partial charge in [0.2, 0.25) is 5.91 Å². The van der Waals surface area contributed by atoms with Gasteiger partial charge in [-0.05, 0) is 39.0 Å². The van der Waals surface area contributed by atoms with E-state index in [4.69, 9.17) is 0 Å². The number of aliphatic carboxylic acids is 1. The molecule has 0 radical (unpaired) electrons. The van der Waals surface area contributed by atoms with Crippen molar-refractivity contribution in [3.05, 3.63) is 0 Å². The van der Waals surface area contributed by atoms with E-state index in [1.54, 1.807) is 0 Å². The van der Waals surface area contributed by atoms with Crippen LogP contribution in [-0.2, 0) is 9.59 Å². The third kappa shape index (κ3) is 2.84. The van der Waals surface area contributed by atoms with Crippen molar-refractivity contribution < 1.29 is 14.7 Å². The van der Waals surface area contributed by atoms with Crippen LogP contribution in [0.2, 0.25) is 0 Å². The number of hydrogen-bond donors (Lipinski definition) is 1. The lowest BCUT2D eigenvalue weighted by atomic mass is 9.71. The van der Waals surface area contributed by atoms with Crippen molar-refractivity contribution in [3.8, 4) is 0 Å². The number of carboxylic acids is 1. The molecule has 1 saturated heterocycles. The molecule has 2 unspecified atom stereocenters. The van der Waals surface area contributed by atoms with E-state index in [1.807, 2.05) is 4.90 Å². The number of likely N-dealkylation sites (tertiary alicyclic amines) is 1. The third-order valence-electron chi connectivity index (χ3n) is 5.30. The summed E-state index contributed by atoms with van der Waals surface area (Å²) in [5.74, 6) is -0.711. The second kappa shape index (κ2) is 6.15. The van der Waals surface area contributed by atoms with Gasteiger partial charge in [0.05, 0.1) is 5.41 Å². The molecule has 2 atom stereocenters. The number of rotatable bonds is 4. The standard InChI is InChI=1S/C16H27NO3/c1-3-13-8-7-12(2)17(13)14(18)11-16(15(19)20)9-5-4-6-10-16/h12-13H,3-11H2,1-2H3,(H,19,20). The maximum atomic E-state index is 12.7. The van der Waals surface area contributed by atoms with Crippen molar-refractivity contribution in [2.75, 3.05) is 0 Å². The minimum absolute atomic E-state index is 0.0613. The number of carbonyl (C=O) groups excluding carboxylic acids is 1. The van der Waals surface area contributed by atoms with Gasteiger partial charge < -0.3 is 10.0 Å². The second-order valence-electron chi connectivity index (χ2n) is 6.61. The van der Waals surface area contributed by atoms with Crippen LogP contribution in [0.4, 0.5) is 0 Å². The van der Waals surface area contributed by atoms with Crippen molar-refractivity contribution in [2.24, 2.45) is 5.41 Å². The molecule has 0 bridgehead atoms. The predicted molar refractivity (Wildman–Crippen MR) is 77.4 cm³/mol. The van der Waals surface area contributed by atoms with E-state index in [1.165, 1.54) is 0 Å². The first-order valence-corrected chi connectivity index (χ1v) is 8.05. The summed E-state index contributed by atoms with van der Waals surface area (Å²) in [5, 5.41) is 9.60. The van der Waals surface area contributed by atoms with E-state index in [2.05, 4.69) is 13.8 Å². The molecule has 2 fully saturated rings. The van der Waals surface area contributed by atoms with Gasteiger partial charge in [-0.1, -0.05) is 26.2 Å². The highest BCUT2D eigenvalue weighted by molar-refractivity contribution is 5.85. The number of hydrogen-bond acceptors (Lipinski definition) is 2. The normalized spacial score (nSPS) is 29.4. The van der Waals surface area contributed by atoms with Gasteiger partial charge in [-0.25, -0.2) is 0 Å². The Kier molecular flexibility index (Phi) is 4.71. The molecule has 1 amide bonds.